The molecule has 0 saturated heterocycles. The Hall–Kier alpha value is -1.51. The molecule has 0 aromatic heterocycles. The summed E-state index contributed by atoms with van der Waals surface area (Å²) in [4.78, 5) is 34.9. The molecule has 0 rings (SSSR count). The molecule has 2 atom stereocenters. The number of phosphoric ester groups is 1. The summed E-state index contributed by atoms with van der Waals surface area (Å²) in [5, 5.41) is 0. The average molecular weight is 814 g/mol. The van der Waals surface area contributed by atoms with Crippen molar-refractivity contribution in [1.29, 1.82) is 0 Å². The molecule has 9 nitrogen and oxygen atoms in total. The van der Waals surface area contributed by atoms with E-state index in [0.29, 0.717) is 6.42 Å². The van der Waals surface area contributed by atoms with Gasteiger partial charge in [0.05, 0.1) is 13.2 Å². The lowest BCUT2D eigenvalue weighted by atomic mass is 10.0. The number of carbonyl (C=O) groups excluding carboxylic acids is 2. The summed E-state index contributed by atoms with van der Waals surface area (Å²) in [7, 11) is -4.38. The summed E-state index contributed by atoms with van der Waals surface area (Å²) in [5.74, 6) is -0.835. The predicted molar refractivity (Wildman–Crippen MR) is 234 cm³/mol. The van der Waals surface area contributed by atoms with Gasteiger partial charge in [-0.1, -0.05) is 199 Å². The van der Waals surface area contributed by atoms with E-state index in [-0.39, 0.29) is 38.6 Å². The SMILES string of the molecule is CCCC/C=C\C/C=C\CCCCCCCC(=O)OC(COC(=O)CCCCCCCCCCCCCCCCCCCCCCC)COP(=O)(O)OCCN. The standard InChI is InChI=1S/C46H88NO8P/c1-3-5-7-9-11-13-15-17-19-20-21-22-23-24-25-27-28-30-32-34-36-38-45(48)52-42-44(43-54-56(50,51)53-41-40-47)55-46(49)39-37-35-33-31-29-26-18-16-14-12-10-8-6-4-2/h10,12,16,18,44H,3-9,11,13-15,17,19-43,47H2,1-2H3,(H,50,51)/b12-10-,18-16-. The molecule has 2 unspecified atom stereocenters. The average Bonchev–Trinajstić information content (AvgIpc) is 3.18. The molecule has 330 valence electrons. The van der Waals surface area contributed by atoms with Crippen LogP contribution in [-0.2, 0) is 32.7 Å². The van der Waals surface area contributed by atoms with Crippen LogP contribution in [0.3, 0.4) is 0 Å². The molecule has 0 radical (unpaired) electrons. The van der Waals surface area contributed by atoms with E-state index < -0.39 is 26.5 Å². The van der Waals surface area contributed by atoms with Gasteiger partial charge < -0.3 is 20.1 Å². The van der Waals surface area contributed by atoms with Crippen molar-refractivity contribution in [3.8, 4) is 0 Å². The Kier molecular flexibility index (Phi) is 41.9. The second-order valence-corrected chi connectivity index (χ2v) is 17.1. The molecule has 3 N–H and O–H groups in total. The highest BCUT2D eigenvalue weighted by Gasteiger charge is 2.26. The van der Waals surface area contributed by atoms with Crippen molar-refractivity contribution in [2.45, 2.75) is 232 Å². The first-order valence-electron chi connectivity index (χ1n) is 23.3. The second-order valence-electron chi connectivity index (χ2n) is 15.6. The van der Waals surface area contributed by atoms with Crippen LogP contribution in [0.5, 0.6) is 0 Å². The van der Waals surface area contributed by atoms with Gasteiger partial charge in [-0.25, -0.2) is 4.57 Å². The fourth-order valence-corrected chi connectivity index (χ4v) is 7.36. The van der Waals surface area contributed by atoms with Gasteiger partial charge in [0.25, 0.3) is 0 Å². The number of carbonyl (C=O) groups is 2. The van der Waals surface area contributed by atoms with Gasteiger partial charge in [0.15, 0.2) is 6.10 Å². The monoisotopic (exact) mass is 814 g/mol. The van der Waals surface area contributed by atoms with Gasteiger partial charge in [-0.15, -0.1) is 0 Å². The summed E-state index contributed by atoms with van der Waals surface area (Å²) in [6.07, 6.45) is 46.4. The Morgan fingerprint density at radius 2 is 0.946 bits per heavy atom. The Morgan fingerprint density at radius 3 is 1.41 bits per heavy atom. The van der Waals surface area contributed by atoms with E-state index in [1.807, 2.05) is 0 Å². The molecule has 56 heavy (non-hydrogen) atoms. The molecule has 0 bridgehead atoms. The lowest BCUT2D eigenvalue weighted by molar-refractivity contribution is -0.161. The van der Waals surface area contributed by atoms with Crippen LogP contribution >= 0.6 is 7.82 Å². The Morgan fingerprint density at radius 1 is 0.536 bits per heavy atom. The van der Waals surface area contributed by atoms with Gasteiger partial charge in [0.2, 0.25) is 0 Å². The van der Waals surface area contributed by atoms with E-state index in [2.05, 4.69) is 38.2 Å². The summed E-state index contributed by atoms with van der Waals surface area (Å²) in [5.41, 5.74) is 5.35. The fourth-order valence-electron chi connectivity index (χ4n) is 6.59. The Labute approximate surface area is 344 Å². The zero-order chi connectivity index (χ0) is 41.1. The van der Waals surface area contributed by atoms with Crippen molar-refractivity contribution in [2.24, 2.45) is 5.73 Å². The van der Waals surface area contributed by atoms with Gasteiger partial charge in [-0.2, -0.15) is 0 Å². The zero-order valence-electron chi connectivity index (χ0n) is 36.4. The van der Waals surface area contributed by atoms with E-state index in [1.165, 1.54) is 128 Å². The topological polar surface area (TPSA) is 134 Å². The molecule has 10 heteroatoms. The molecule has 0 aliphatic carbocycles. The normalized spacial score (nSPS) is 13.4. The minimum absolute atomic E-state index is 0.0525. The van der Waals surface area contributed by atoms with Gasteiger partial charge in [0.1, 0.15) is 6.61 Å². The number of ether oxygens (including phenoxy) is 2. The first-order chi connectivity index (χ1) is 27.3. The first-order valence-corrected chi connectivity index (χ1v) is 24.8. The largest absolute Gasteiger partial charge is 0.472 e. The fraction of sp³-hybridized carbons (Fsp3) is 0.870. The quantitative estimate of drug-likeness (QED) is 0.0267. The maximum atomic E-state index is 12.6. The maximum Gasteiger partial charge on any atom is 0.472 e. The highest BCUT2D eigenvalue weighted by molar-refractivity contribution is 7.47. The number of nitrogens with two attached hydrogens (primary N) is 1. The minimum Gasteiger partial charge on any atom is -0.462 e. The molecule has 0 aromatic carbocycles. The van der Waals surface area contributed by atoms with Gasteiger partial charge in [-0.3, -0.25) is 18.6 Å². The molecule has 0 aliphatic rings. The van der Waals surface area contributed by atoms with E-state index >= 15 is 0 Å². The summed E-state index contributed by atoms with van der Waals surface area (Å²) < 4.78 is 32.8. The number of allylic oxidation sites excluding steroid dienone is 4. The third-order valence-corrected chi connectivity index (χ3v) is 11.1. The summed E-state index contributed by atoms with van der Waals surface area (Å²) >= 11 is 0. The minimum atomic E-state index is -4.38. The smallest absolute Gasteiger partial charge is 0.462 e. The van der Waals surface area contributed by atoms with Crippen LogP contribution in [0, 0.1) is 0 Å². The summed E-state index contributed by atoms with van der Waals surface area (Å²) in [6.45, 7) is 3.71. The molecular weight excluding hydrogens is 725 g/mol. The number of unbranched alkanes of at least 4 members (excludes halogenated alkanes) is 27. The van der Waals surface area contributed by atoms with Gasteiger partial charge >= 0.3 is 19.8 Å². The van der Waals surface area contributed by atoms with Crippen molar-refractivity contribution in [3.63, 3.8) is 0 Å². The van der Waals surface area contributed by atoms with Crippen LogP contribution in [0.4, 0.5) is 0 Å². The van der Waals surface area contributed by atoms with Crippen LogP contribution < -0.4 is 5.73 Å². The van der Waals surface area contributed by atoms with E-state index in [4.69, 9.17) is 24.3 Å². The molecular formula is C46H88NO8P. The van der Waals surface area contributed by atoms with E-state index in [1.54, 1.807) is 0 Å². The van der Waals surface area contributed by atoms with E-state index in [9.17, 15) is 19.0 Å². The van der Waals surface area contributed by atoms with Crippen LogP contribution in [0.1, 0.15) is 226 Å². The zero-order valence-corrected chi connectivity index (χ0v) is 37.3. The van der Waals surface area contributed by atoms with Crippen molar-refractivity contribution in [2.75, 3.05) is 26.4 Å². The Bertz CT molecular complexity index is 975. The molecule has 0 amide bonds. The Balaban J connectivity index is 4.04. The molecule has 0 aliphatic heterocycles. The van der Waals surface area contributed by atoms with Crippen LogP contribution in [0.2, 0.25) is 0 Å². The highest BCUT2D eigenvalue weighted by Crippen LogP contribution is 2.43. The third-order valence-electron chi connectivity index (χ3n) is 10.1. The molecule has 0 aromatic rings. The molecule has 0 spiro atoms. The number of rotatable bonds is 44. The van der Waals surface area contributed by atoms with Crippen LogP contribution in [-0.4, -0.2) is 49.3 Å². The van der Waals surface area contributed by atoms with Crippen molar-refractivity contribution in [1.82, 2.24) is 0 Å². The molecule has 0 heterocycles. The van der Waals surface area contributed by atoms with E-state index in [0.717, 1.165) is 64.2 Å². The summed E-state index contributed by atoms with van der Waals surface area (Å²) in [6, 6.07) is 0. The van der Waals surface area contributed by atoms with Crippen LogP contribution in [0.15, 0.2) is 24.3 Å². The highest BCUT2D eigenvalue weighted by atomic mass is 31.2. The lowest BCUT2D eigenvalue weighted by Crippen LogP contribution is -2.29. The molecule has 0 saturated carbocycles. The maximum absolute atomic E-state index is 12.6. The van der Waals surface area contributed by atoms with Gasteiger partial charge in [-0.05, 0) is 38.5 Å². The number of phosphoric acid groups is 1. The lowest BCUT2D eigenvalue weighted by Gasteiger charge is -2.19. The third kappa shape index (κ3) is 42.1. The van der Waals surface area contributed by atoms with Crippen LogP contribution in [0.25, 0.3) is 0 Å². The van der Waals surface area contributed by atoms with Crippen molar-refractivity contribution < 1.29 is 37.6 Å². The second kappa shape index (κ2) is 43.1. The number of hydrogen-bond donors (Lipinski definition) is 2. The predicted octanol–water partition coefficient (Wildman–Crippen LogP) is 13.6. The molecule has 0 fully saturated rings. The first kappa shape index (κ1) is 54.5. The van der Waals surface area contributed by atoms with Crippen molar-refractivity contribution >= 4 is 19.8 Å². The van der Waals surface area contributed by atoms with Gasteiger partial charge in [0, 0.05) is 19.4 Å². The number of esters is 2. The number of hydrogen-bond acceptors (Lipinski definition) is 8. The van der Waals surface area contributed by atoms with Crippen molar-refractivity contribution in [3.05, 3.63) is 24.3 Å².